The van der Waals surface area contributed by atoms with Crippen LogP contribution in [0.25, 0.3) is 0 Å². The van der Waals surface area contributed by atoms with Crippen molar-refractivity contribution in [1.82, 2.24) is 0 Å². The van der Waals surface area contributed by atoms with E-state index in [0.29, 0.717) is 6.61 Å². The molecule has 0 amide bonds. The summed E-state index contributed by atoms with van der Waals surface area (Å²) in [5.41, 5.74) is 1.63. The monoisotopic (exact) mass is 387 g/mol. The van der Waals surface area contributed by atoms with Gasteiger partial charge in [-0.2, -0.15) is 0 Å². The summed E-state index contributed by atoms with van der Waals surface area (Å²) in [5, 5.41) is 12.0. The lowest BCUT2D eigenvalue weighted by atomic mass is 10.1. The van der Waals surface area contributed by atoms with Crippen LogP contribution in [-0.2, 0) is 9.63 Å². The number of carboxylic acids is 1. The molecular weight excluding hydrogens is 374 g/mol. The van der Waals surface area contributed by atoms with Crippen molar-refractivity contribution in [3.05, 3.63) is 64.1 Å². The van der Waals surface area contributed by atoms with Crippen LogP contribution in [0.4, 0.5) is 0 Å². The van der Waals surface area contributed by atoms with Crippen LogP contribution < -0.4 is 4.74 Å². The van der Waals surface area contributed by atoms with Gasteiger partial charge in [0.05, 0.1) is 6.21 Å². The summed E-state index contributed by atoms with van der Waals surface area (Å²) >= 11 is 3.36. The standard InChI is InChI=1S/C18H14BrNO4/c19-16-7-9-17(10-8-16)23-11-1-2-14-3-5-15(6-4-14)12-20-24-13-18(21)22/h3-10,12H,11,13H2,(H,21,22)/b20-12+. The van der Waals surface area contributed by atoms with Crippen molar-refractivity contribution in [2.45, 2.75) is 0 Å². The molecule has 0 saturated heterocycles. The van der Waals surface area contributed by atoms with E-state index < -0.39 is 12.6 Å². The molecule has 0 spiro atoms. The van der Waals surface area contributed by atoms with E-state index in [-0.39, 0.29) is 0 Å². The molecular formula is C18H14BrNO4. The highest BCUT2D eigenvalue weighted by atomic mass is 79.9. The maximum absolute atomic E-state index is 10.3. The fourth-order valence-electron chi connectivity index (χ4n) is 1.63. The van der Waals surface area contributed by atoms with Gasteiger partial charge in [-0.3, -0.25) is 0 Å². The molecule has 0 fully saturated rings. The number of benzene rings is 2. The van der Waals surface area contributed by atoms with Crippen molar-refractivity contribution in [2.24, 2.45) is 5.16 Å². The van der Waals surface area contributed by atoms with Gasteiger partial charge < -0.3 is 14.7 Å². The van der Waals surface area contributed by atoms with E-state index in [2.05, 4.69) is 37.8 Å². The molecule has 0 aliphatic rings. The third-order valence-electron chi connectivity index (χ3n) is 2.73. The van der Waals surface area contributed by atoms with Gasteiger partial charge in [0.15, 0.2) is 0 Å². The third kappa shape index (κ3) is 6.55. The number of nitrogens with zero attached hydrogens (tertiary/aromatic N) is 1. The van der Waals surface area contributed by atoms with Gasteiger partial charge in [-0.05, 0) is 42.0 Å². The van der Waals surface area contributed by atoms with Crippen LogP contribution in [0.3, 0.4) is 0 Å². The largest absolute Gasteiger partial charge is 0.481 e. The minimum Gasteiger partial charge on any atom is -0.481 e. The Morgan fingerprint density at radius 2 is 1.88 bits per heavy atom. The smallest absolute Gasteiger partial charge is 0.344 e. The average molecular weight is 388 g/mol. The summed E-state index contributed by atoms with van der Waals surface area (Å²) in [5.74, 6) is 5.64. The topological polar surface area (TPSA) is 68.1 Å². The lowest BCUT2D eigenvalue weighted by Crippen LogP contribution is -2.03. The Kier molecular flexibility index (Phi) is 6.87. The fraction of sp³-hybridized carbons (Fsp3) is 0.111. The molecule has 2 rings (SSSR count). The SMILES string of the molecule is O=C(O)CO/N=C/c1ccc(C#CCOc2ccc(Br)cc2)cc1. The number of rotatable bonds is 6. The molecule has 0 aliphatic heterocycles. The van der Waals surface area contributed by atoms with Crippen LogP contribution >= 0.6 is 15.9 Å². The Labute approximate surface area is 148 Å². The van der Waals surface area contributed by atoms with Gasteiger partial charge >= 0.3 is 5.97 Å². The van der Waals surface area contributed by atoms with E-state index in [1.54, 1.807) is 0 Å². The molecule has 2 aromatic carbocycles. The second kappa shape index (κ2) is 9.38. The van der Waals surface area contributed by atoms with Crippen molar-refractivity contribution in [2.75, 3.05) is 13.2 Å². The first-order chi connectivity index (χ1) is 11.6. The first-order valence-corrected chi connectivity index (χ1v) is 7.77. The molecule has 0 aliphatic carbocycles. The predicted molar refractivity (Wildman–Crippen MR) is 94.1 cm³/mol. The number of oxime groups is 1. The zero-order valence-corrected chi connectivity index (χ0v) is 14.2. The highest BCUT2D eigenvalue weighted by Gasteiger charge is 1.94. The molecule has 0 radical (unpaired) electrons. The fourth-order valence-corrected chi connectivity index (χ4v) is 1.90. The van der Waals surface area contributed by atoms with Gasteiger partial charge in [-0.1, -0.05) is 45.1 Å². The van der Waals surface area contributed by atoms with E-state index in [4.69, 9.17) is 9.84 Å². The number of carboxylic acid groups (broad SMARTS) is 1. The number of ether oxygens (including phenoxy) is 1. The molecule has 0 saturated carbocycles. The van der Waals surface area contributed by atoms with Crippen molar-refractivity contribution < 1.29 is 19.5 Å². The summed E-state index contributed by atoms with van der Waals surface area (Å²) in [7, 11) is 0. The van der Waals surface area contributed by atoms with Crippen molar-refractivity contribution in [3.63, 3.8) is 0 Å². The quantitative estimate of drug-likeness (QED) is 0.469. The molecule has 0 bridgehead atoms. The molecule has 2 aromatic rings. The normalized spacial score (nSPS) is 10.0. The number of hydrogen-bond acceptors (Lipinski definition) is 4. The van der Waals surface area contributed by atoms with Gasteiger partial charge in [0.25, 0.3) is 0 Å². The summed E-state index contributed by atoms with van der Waals surface area (Å²) < 4.78 is 6.51. The van der Waals surface area contributed by atoms with E-state index in [9.17, 15) is 4.79 Å². The molecule has 5 nitrogen and oxygen atoms in total. The Balaban J connectivity index is 1.81. The van der Waals surface area contributed by atoms with Crippen molar-refractivity contribution in [1.29, 1.82) is 0 Å². The molecule has 6 heteroatoms. The number of hydrogen-bond donors (Lipinski definition) is 1. The van der Waals surface area contributed by atoms with E-state index in [1.165, 1.54) is 6.21 Å². The second-order valence-corrected chi connectivity index (χ2v) is 5.48. The van der Waals surface area contributed by atoms with E-state index >= 15 is 0 Å². The second-order valence-electron chi connectivity index (χ2n) is 4.57. The maximum Gasteiger partial charge on any atom is 0.344 e. The van der Waals surface area contributed by atoms with Gasteiger partial charge in [0.2, 0.25) is 6.61 Å². The highest BCUT2D eigenvalue weighted by Crippen LogP contribution is 2.15. The number of halogens is 1. The molecule has 122 valence electrons. The summed E-state index contributed by atoms with van der Waals surface area (Å²) in [6, 6.07) is 14.8. The van der Waals surface area contributed by atoms with Crippen LogP contribution in [-0.4, -0.2) is 30.5 Å². The van der Waals surface area contributed by atoms with Gasteiger partial charge in [-0.15, -0.1) is 0 Å². The van der Waals surface area contributed by atoms with Crippen molar-refractivity contribution in [3.8, 4) is 17.6 Å². The highest BCUT2D eigenvalue weighted by molar-refractivity contribution is 9.10. The first-order valence-electron chi connectivity index (χ1n) is 6.98. The summed E-state index contributed by atoms with van der Waals surface area (Å²) in [6.45, 7) is -0.160. The van der Waals surface area contributed by atoms with E-state index in [1.807, 2.05) is 48.5 Å². The van der Waals surface area contributed by atoms with Gasteiger partial charge in [-0.25, -0.2) is 4.79 Å². The van der Waals surface area contributed by atoms with Crippen LogP contribution in [0.15, 0.2) is 58.2 Å². The van der Waals surface area contributed by atoms with Crippen LogP contribution in [0.2, 0.25) is 0 Å². The molecule has 24 heavy (non-hydrogen) atoms. The maximum atomic E-state index is 10.3. The Morgan fingerprint density at radius 1 is 1.17 bits per heavy atom. The van der Waals surface area contributed by atoms with Gasteiger partial charge in [0.1, 0.15) is 12.4 Å². The number of carbonyl (C=O) groups is 1. The zero-order chi connectivity index (χ0) is 17.2. The summed E-state index contributed by atoms with van der Waals surface area (Å²) in [6.07, 6.45) is 1.44. The molecule has 0 atom stereocenters. The zero-order valence-electron chi connectivity index (χ0n) is 12.6. The molecule has 0 aromatic heterocycles. The molecule has 0 heterocycles. The average Bonchev–Trinajstić information content (AvgIpc) is 2.58. The van der Waals surface area contributed by atoms with Crippen LogP contribution in [0.5, 0.6) is 5.75 Å². The minimum absolute atomic E-state index is 0.299. The van der Waals surface area contributed by atoms with Gasteiger partial charge in [0, 0.05) is 10.0 Å². The van der Waals surface area contributed by atoms with E-state index in [0.717, 1.165) is 21.3 Å². The third-order valence-corrected chi connectivity index (χ3v) is 3.26. The number of aliphatic carboxylic acids is 1. The Hall–Kier alpha value is -2.78. The lowest BCUT2D eigenvalue weighted by molar-refractivity contribution is -0.142. The van der Waals surface area contributed by atoms with Crippen molar-refractivity contribution >= 4 is 28.1 Å². The predicted octanol–water partition coefficient (Wildman–Crippen LogP) is 3.31. The first kappa shape index (κ1) is 17.6. The lowest BCUT2D eigenvalue weighted by Gasteiger charge is -2.00. The Morgan fingerprint density at radius 3 is 2.54 bits per heavy atom. The molecule has 0 unspecified atom stereocenters. The minimum atomic E-state index is -1.07. The molecule has 1 N–H and O–H groups in total. The summed E-state index contributed by atoms with van der Waals surface area (Å²) in [4.78, 5) is 14.8. The van der Waals surface area contributed by atoms with Crippen LogP contribution in [0, 0.1) is 11.8 Å². The van der Waals surface area contributed by atoms with Crippen LogP contribution in [0.1, 0.15) is 11.1 Å². The Bertz CT molecular complexity index is 758.